The second kappa shape index (κ2) is 12.4. The van der Waals surface area contributed by atoms with Gasteiger partial charge in [0, 0.05) is 22.6 Å². The Morgan fingerprint density at radius 2 is 2.03 bits per heavy atom. The van der Waals surface area contributed by atoms with Crippen molar-refractivity contribution >= 4 is 35.1 Å². The number of rotatable bonds is 12. The largest absolute Gasteiger partial charge is 0.507 e. The molecule has 0 saturated carbocycles. The van der Waals surface area contributed by atoms with Gasteiger partial charge >= 0.3 is 5.97 Å². The number of phenols is 1. The number of Topliss-reactive ketones (excluding diaryl/α,β-unsaturated/α-hetero) is 1. The second-order valence-electron chi connectivity index (χ2n) is 6.78. The molecule has 0 amide bonds. The summed E-state index contributed by atoms with van der Waals surface area (Å²) in [4.78, 5) is 24.3. The minimum atomic E-state index is -0.303. The molecule has 0 atom stereocenters. The summed E-state index contributed by atoms with van der Waals surface area (Å²) in [6.07, 6.45) is 3.36. The van der Waals surface area contributed by atoms with Gasteiger partial charge in [-0.15, -0.1) is 18.3 Å². The first-order chi connectivity index (χ1) is 14.9. The van der Waals surface area contributed by atoms with Gasteiger partial charge in [0.2, 0.25) is 0 Å². The van der Waals surface area contributed by atoms with Gasteiger partial charge in [-0.05, 0) is 42.7 Å². The Kier molecular flexibility index (Phi) is 9.95. The van der Waals surface area contributed by atoms with E-state index in [1.54, 1.807) is 43.0 Å². The van der Waals surface area contributed by atoms with Crippen molar-refractivity contribution in [2.45, 2.75) is 37.5 Å². The number of benzene rings is 2. The predicted octanol–water partition coefficient (Wildman–Crippen LogP) is 5.64. The van der Waals surface area contributed by atoms with Gasteiger partial charge in [-0.25, -0.2) is 0 Å². The average Bonchev–Trinajstić information content (AvgIpc) is 2.76. The third-order valence-electron chi connectivity index (χ3n) is 4.59. The number of carbonyl (C=O) groups is 2. The molecule has 7 heteroatoms. The number of carbonyl (C=O) groups excluding carboxylic acids is 2. The topological polar surface area (TPSA) is 72.8 Å². The van der Waals surface area contributed by atoms with Gasteiger partial charge in [-0.2, -0.15) is 0 Å². The summed E-state index contributed by atoms with van der Waals surface area (Å²) in [6.45, 7) is 5.93. The van der Waals surface area contributed by atoms with Gasteiger partial charge < -0.3 is 14.6 Å². The van der Waals surface area contributed by atoms with Crippen LogP contribution in [0, 0.1) is 0 Å². The highest BCUT2D eigenvalue weighted by molar-refractivity contribution is 7.99. The summed E-state index contributed by atoms with van der Waals surface area (Å²) in [5.74, 6) is 0.895. The van der Waals surface area contributed by atoms with E-state index in [-0.39, 0.29) is 23.9 Å². The van der Waals surface area contributed by atoms with Gasteiger partial charge in [0.05, 0.1) is 30.7 Å². The first-order valence-electron chi connectivity index (χ1n) is 10.0. The van der Waals surface area contributed by atoms with Crippen LogP contribution in [-0.4, -0.2) is 36.3 Å². The predicted molar refractivity (Wildman–Crippen MR) is 125 cm³/mol. The maximum atomic E-state index is 12.0. The molecule has 1 N–H and O–H groups in total. The smallest absolute Gasteiger partial charge is 0.309 e. The van der Waals surface area contributed by atoms with Crippen LogP contribution in [0.4, 0.5) is 0 Å². The maximum Gasteiger partial charge on any atom is 0.309 e. The van der Waals surface area contributed by atoms with E-state index in [4.69, 9.17) is 16.3 Å². The Morgan fingerprint density at radius 1 is 1.26 bits per heavy atom. The highest BCUT2D eigenvalue weighted by Crippen LogP contribution is 2.33. The fraction of sp³-hybridized carbons (Fsp3) is 0.333. The number of hydrogen-bond donors (Lipinski definition) is 1. The van der Waals surface area contributed by atoms with E-state index in [1.807, 2.05) is 12.1 Å². The molecule has 0 aromatic heterocycles. The minimum absolute atomic E-state index is 0.0301. The molecule has 0 aliphatic carbocycles. The SMILES string of the molecule is C=CCc1c(OCCCSc2ccc(CC(=O)OC)cc2Cl)ccc(C(=O)CC)c1O. The lowest BCUT2D eigenvalue weighted by Gasteiger charge is -2.14. The maximum absolute atomic E-state index is 12.0. The van der Waals surface area contributed by atoms with E-state index < -0.39 is 0 Å². The molecule has 5 nitrogen and oxygen atoms in total. The summed E-state index contributed by atoms with van der Waals surface area (Å²) < 4.78 is 10.5. The number of ketones is 1. The molecule has 0 saturated heterocycles. The van der Waals surface area contributed by atoms with Crippen molar-refractivity contribution in [3.63, 3.8) is 0 Å². The standard InChI is InChI=1S/C24H27ClO5S/c1-4-7-18-21(10-9-17(24(18)28)20(26)5-2)30-12-6-13-31-22-11-8-16(14-19(22)25)15-23(27)29-3/h4,8-11,14,28H,1,5-7,12-13,15H2,2-3H3. The van der Waals surface area contributed by atoms with Crippen LogP contribution in [0.5, 0.6) is 11.5 Å². The third-order valence-corrected chi connectivity index (χ3v) is 6.17. The Labute approximate surface area is 192 Å². The molecule has 2 rings (SSSR count). The second-order valence-corrected chi connectivity index (χ2v) is 8.32. The van der Waals surface area contributed by atoms with Crippen LogP contribution in [0.15, 0.2) is 47.9 Å². The quantitative estimate of drug-likeness (QED) is 0.144. The molecule has 0 unspecified atom stereocenters. The molecule has 2 aromatic carbocycles. The number of halogens is 1. The highest BCUT2D eigenvalue weighted by Gasteiger charge is 2.17. The zero-order chi connectivity index (χ0) is 22.8. The van der Waals surface area contributed by atoms with Gasteiger partial charge in [-0.1, -0.05) is 30.7 Å². The molecule has 0 aliphatic rings. The first-order valence-corrected chi connectivity index (χ1v) is 11.4. The summed E-state index contributed by atoms with van der Waals surface area (Å²) in [5.41, 5.74) is 1.70. The molecule has 0 spiro atoms. The molecule has 0 fully saturated rings. The van der Waals surface area contributed by atoms with E-state index in [0.717, 1.165) is 22.6 Å². The molecule has 0 aliphatic heterocycles. The molecular formula is C24H27ClO5S. The summed E-state index contributed by atoms with van der Waals surface area (Å²) >= 11 is 7.93. The van der Waals surface area contributed by atoms with Crippen molar-refractivity contribution in [3.8, 4) is 11.5 Å². The first kappa shape index (κ1) is 24.8. The number of thioether (sulfide) groups is 1. The van der Waals surface area contributed by atoms with E-state index >= 15 is 0 Å². The Balaban J connectivity index is 1.91. The molecule has 166 valence electrons. The lowest BCUT2D eigenvalue weighted by Crippen LogP contribution is -2.05. The highest BCUT2D eigenvalue weighted by atomic mass is 35.5. The van der Waals surface area contributed by atoms with Crippen LogP contribution in [-0.2, 0) is 22.4 Å². The van der Waals surface area contributed by atoms with E-state index in [0.29, 0.717) is 41.3 Å². The molecule has 0 heterocycles. The molecular weight excluding hydrogens is 436 g/mol. The van der Waals surface area contributed by atoms with Crippen molar-refractivity contribution < 1.29 is 24.2 Å². The summed E-state index contributed by atoms with van der Waals surface area (Å²) in [6, 6.07) is 8.88. The minimum Gasteiger partial charge on any atom is -0.507 e. The lowest BCUT2D eigenvalue weighted by atomic mass is 10.0. The number of allylic oxidation sites excluding steroid dienone is 1. The van der Waals surface area contributed by atoms with Crippen molar-refractivity contribution in [3.05, 3.63) is 64.7 Å². The van der Waals surface area contributed by atoms with Crippen molar-refractivity contribution in [2.75, 3.05) is 19.5 Å². The van der Waals surface area contributed by atoms with Crippen LogP contribution in [0.2, 0.25) is 5.02 Å². The Morgan fingerprint density at radius 3 is 2.68 bits per heavy atom. The van der Waals surface area contributed by atoms with E-state index in [1.165, 1.54) is 7.11 Å². The van der Waals surface area contributed by atoms with Crippen molar-refractivity contribution in [2.24, 2.45) is 0 Å². The van der Waals surface area contributed by atoms with Crippen LogP contribution in [0.3, 0.4) is 0 Å². The molecule has 2 aromatic rings. The van der Waals surface area contributed by atoms with Crippen LogP contribution in [0.25, 0.3) is 0 Å². The third kappa shape index (κ3) is 7.04. The monoisotopic (exact) mass is 462 g/mol. The number of hydrogen-bond acceptors (Lipinski definition) is 6. The number of ether oxygens (including phenoxy) is 2. The van der Waals surface area contributed by atoms with Gasteiger partial charge in [0.15, 0.2) is 5.78 Å². The van der Waals surface area contributed by atoms with Crippen LogP contribution < -0.4 is 4.74 Å². The fourth-order valence-corrected chi connectivity index (χ4v) is 4.15. The molecule has 0 radical (unpaired) electrons. The summed E-state index contributed by atoms with van der Waals surface area (Å²) in [7, 11) is 1.36. The lowest BCUT2D eigenvalue weighted by molar-refractivity contribution is -0.139. The Bertz CT molecular complexity index is 942. The van der Waals surface area contributed by atoms with Crippen LogP contribution in [0.1, 0.15) is 41.3 Å². The van der Waals surface area contributed by atoms with E-state index in [2.05, 4.69) is 11.3 Å². The molecule has 31 heavy (non-hydrogen) atoms. The van der Waals surface area contributed by atoms with Crippen molar-refractivity contribution in [1.29, 1.82) is 0 Å². The number of aromatic hydroxyl groups is 1. The summed E-state index contributed by atoms with van der Waals surface area (Å²) in [5, 5.41) is 11.1. The number of esters is 1. The van der Waals surface area contributed by atoms with E-state index in [9.17, 15) is 14.7 Å². The fourth-order valence-electron chi connectivity index (χ4n) is 2.94. The van der Waals surface area contributed by atoms with Gasteiger partial charge in [0.1, 0.15) is 11.5 Å². The van der Waals surface area contributed by atoms with Crippen molar-refractivity contribution in [1.82, 2.24) is 0 Å². The zero-order valence-electron chi connectivity index (χ0n) is 17.8. The number of methoxy groups -OCH3 is 1. The Hall–Kier alpha value is -2.44. The normalized spacial score (nSPS) is 10.5. The average molecular weight is 463 g/mol. The van der Waals surface area contributed by atoms with Gasteiger partial charge in [-0.3, -0.25) is 9.59 Å². The zero-order valence-corrected chi connectivity index (χ0v) is 19.4. The van der Waals surface area contributed by atoms with Gasteiger partial charge in [0.25, 0.3) is 0 Å². The van der Waals surface area contributed by atoms with Crippen LogP contribution >= 0.6 is 23.4 Å². The number of phenolic OH excluding ortho intramolecular Hbond substituents is 1. The molecule has 0 bridgehead atoms.